The lowest BCUT2D eigenvalue weighted by atomic mass is 9.89. The first-order valence-electron chi connectivity index (χ1n) is 12.1. The molecule has 1 aromatic carbocycles. The molecule has 0 saturated heterocycles. The van der Waals surface area contributed by atoms with Gasteiger partial charge in [-0.25, -0.2) is 0 Å². The van der Waals surface area contributed by atoms with Crippen LogP contribution >= 0.6 is 0 Å². The maximum atomic E-state index is 11.8. The summed E-state index contributed by atoms with van der Waals surface area (Å²) in [5, 5.41) is 23.2. The molecule has 4 nitrogen and oxygen atoms in total. The van der Waals surface area contributed by atoms with E-state index in [9.17, 15) is 19.8 Å². The molecular weight excluding hydrogens is 376 g/mol. The summed E-state index contributed by atoms with van der Waals surface area (Å²) in [4.78, 5) is 23.2. The SMILES string of the molecule is CCCCCCCCCc1ccc(C(=O)[O-])c(C(=O)[O-])c1CCCCCCCCC. The number of rotatable bonds is 18. The summed E-state index contributed by atoms with van der Waals surface area (Å²) in [6.45, 7) is 4.40. The quantitative estimate of drug-likeness (QED) is 0.315. The van der Waals surface area contributed by atoms with Crippen molar-refractivity contribution in [2.24, 2.45) is 0 Å². The molecule has 170 valence electrons. The van der Waals surface area contributed by atoms with Gasteiger partial charge in [-0.1, -0.05) is 103 Å². The standard InChI is InChI=1S/C26H42O4/c1-3-5-7-9-11-13-15-17-21-19-20-23(25(27)28)24(26(29)30)22(21)18-16-14-12-10-8-6-4-2/h19-20H,3-18H2,1-2H3,(H,27,28)(H,29,30)/p-2. The molecule has 0 bridgehead atoms. The maximum Gasteiger partial charge on any atom is 0.0724 e. The number of carboxylic acids is 2. The Labute approximate surface area is 183 Å². The molecule has 0 heterocycles. The van der Waals surface area contributed by atoms with Crippen LogP contribution in [0.2, 0.25) is 0 Å². The number of aromatic carboxylic acids is 2. The Morgan fingerprint density at radius 1 is 0.633 bits per heavy atom. The van der Waals surface area contributed by atoms with Gasteiger partial charge in [0, 0.05) is 11.1 Å². The topological polar surface area (TPSA) is 80.3 Å². The fourth-order valence-electron chi connectivity index (χ4n) is 4.15. The highest BCUT2D eigenvalue weighted by Gasteiger charge is 2.15. The van der Waals surface area contributed by atoms with Gasteiger partial charge in [-0.2, -0.15) is 0 Å². The summed E-state index contributed by atoms with van der Waals surface area (Å²) in [5.74, 6) is -2.86. The molecule has 0 unspecified atom stereocenters. The van der Waals surface area contributed by atoms with Crippen molar-refractivity contribution in [3.63, 3.8) is 0 Å². The lowest BCUT2D eigenvalue weighted by Gasteiger charge is -2.20. The molecular formula is C26H40O4-2. The molecule has 0 spiro atoms. The minimum Gasteiger partial charge on any atom is -0.545 e. The van der Waals surface area contributed by atoms with Crippen LogP contribution in [0.3, 0.4) is 0 Å². The second-order valence-electron chi connectivity index (χ2n) is 8.44. The molecule has 0 amide bonds. The van der Waals surface area contributed by atoms with Gasteiger partial charge in [-0.05, 0) is 36.8 Å². The Balaban J connectivity index is 2.76. The number of carbonyl (C=O) groups is 2. The summed E-state index contributed by atoms with van der Waals surface area (Å²) in [5.41, 5.74) is 1.19. The van der Waals surface area contributed by atoms with Crippen LogP contribution in [0, 0.1) is 0 Å². The van der Waals surface area contributed by atoms with Crippen LogP contribution in [-0.4, -0.2) is 11.9 Å². The van der Waals surface area contributed by atoms with Crippen LogP contribution < -0.4 is 10.2 Å². The van der Waals surface area contributed by atoms with E-state index in [4.69, 9.17) is 0 Å². The van der Waals surface area contributed by atoms with Crippen molar-refractivity contribution in [2.75, 3.05) is 0 Å². The van der Waals surface area contributed by atoms with Gasteiger partial charge in [0.15, 0.2) is 0 Å². The van der Waals surface area contributed by atoms with Gasteiger partial charge in [0.1, 0.15) is 0 Å². The molecule has 0 fully saturated rings. The highest BCUT2D eigenvalue weighted by molar-refractivity contribution is 6.01. The van der Waals surface area contributed by atoms with Gasteiger partial charge >= 0.3 is 0 Å². The Morgan fingerprint density at radius 3 is 1.57 bits per heavy atom. The summed E-state index contributed by atoms with van der Waals surface area (Å²) in [6.07, 6.45) is 17.6. The van der Waals surface area contributed by atoms with Gasteiger partial charge in [0.25, 0.3) is 0 Å². The largest absolute Gasteiger partial charge is 0.545 e. The summed E-state index contributed by atoms with van der Waals surface area (Å²) < 4.78 is 0. The van der Waals surface area contributed by atoms with E-state index in [2.05, 4.69) is 13.8 Å². The van der Waals surface area contributed by atoms with E-state index in [1.807, 2.05) is 0 Å². The zero-order valence-electron chi connectivity index (χ0n) is 19.1. The monoisotopic (exact) mass is 416 g/mol. The predicted molar refractivity (Wildman–Crippen MR) is 118 cm³/mol. The Bertz CT molecular complexity index is 636. The Hall–Kier alpha value is -1.84. The number of benzene rings is 1. The number of carbonyl (C=O) groups excluding carboxylic acids is 2. The van der Waals surface area contributed by atoms with Crippen LogP contribution in [0.25, 0.3) is 0 Å². The molecule has 0 aliphatic carbocycles. The van der Waals surface area contributed by atoms with Crippen LogP contribution in [-0.2, 0) is 12.8 Å². The van der Waals surface area contributed by atoms with Crippen LogP contribution in [0.4, 0.5) is 0 Å². The van der Waals surface area contributed by atoms with Crippen LogP contribution in [0.15, 0.2) is 12.1 Å². The molecule has 0 aliphatic heterocycles. The molecule has 1 rings (SSSR count). The van der Waals surface area contributed by atoms with Gasteiger partial charge in [-0.15, -0.1) is 0 Å². The van der Waals surface area contributed by atoms with E-state index in [0.717, 1.165) is 44.1 Å². The number of unbranched alkanes of at least 4 members (excludes halogenated alkanes) is 12. The van der Waals surface area contributed by atoms with E-state index in [1.54, 1.807) is 6.07 Å². The first kappa shape index (κ1) is 26.2. The highest BCUT2D eigenvalue weighted by Crippen LogP contribution is 2.24. The third-order valence-corrected chi connectivity index (χ3v) is 5.91. The summed E-state index contributed by atoms with van der Waals surface area (Å²) in [7, 11) is 0. The lowest BCUT2D eigenvalue weighted by Crippen LogP contribution is -2.31. The van der Waals surface area contributed by atoms with E-state index >= 15 is 0 Å². The van der Waals surface area contributed by atoms with Crippen LogP contribution in [0.5, 0.6) is 0 Å². The van der Waals surface area contributed by atoms with Crippen molar-refractivity contribution < 1.29 is 19.8 Å². The van der Waals surface area contributed by atoms with E-state index in [0.29, 0.717) is 12.0 Å². The van der Waals surface area contributed by atoms with Crippen molar-refractivity contribution >= 4 is 11.9 Å². The van der Waals surface area contributed by atoms with Gasteiger partial charge in [0.05, 0.1) is 11.9 Å². The minimum atomic E-state index is -1.45. The fourth-order valence-corrected chi connectivity index (χ4v) is 4.15. The molecule has 1 aromatic rings. The molecule has 0 aromatic heterocycles. The molecule has 0 atom stereocenters. The number of hydrogen-bond donors (Lipinski definition) is 0. The van der Waals surface area contributed by atoms with E-state index < -0.39 is 11.9 Å². The number of carboxylic acid groups (broad SMARTS) is 2. The predicted octanol–water partition coefficient (Wildman–Crippen LogP) is 5.00. The second kappa shape index (κ2) is 15.9. The van der Waals surface area contributed by atoms with Gasteiger partial charge in [0.2, 0.25) is 0 Å². The van der Waals surface area contributed by atoms with Crippen molar-refractivity contribution in [1.29, 1.82) is 0 Å². The molecule has 4 heteroatoms. The third-order valence-electron chi connectivity index (χ3n) is 5.91. The Kier molecular flexibility index (Phi) is 13.9. The smallest absolute Gasteiger partial charge is 0.0724 e. The normalized spacial score (nSPS) is 11.0. The Morgan fingerprint density at radius 2 is 1.10 bits per heavy atom. The fraction of sp³-hybridized carbons (Fsp3) is 0.692. The zero-order valence-corrected chi connectivity index (χ0v) is 19.1. The number of hydrogen-bond acceptors (Lipinski definition) is 4. The second-order valence-corrected chi connectivity index (χ2v) is 8.44. The molecule has 0 saturated carbocycles. The van der Waals surface area contributed by atoms with Gasteiger partial charge in [-0.3, -0.25) is 0 Å². The first-order chi connectivity index (χ1) is 14.5. The van der Waals surface area contributed by atoms with Crippen molar-refractivity contribution in [3.8, 4) is 0 Å². The highest BCUT2D eigenvalue weighted by atomic mass is 16.4. The van der Waals surface area contributed by atoms with E-state index in [1.165, 1.54) is 63.9 Å². The average Bonchev–Trinajstić information content (AvgIpc) is 2.72. The molecule has 0 radical (unpaired) electrons. The minimum absolute atomic E-state index is 0.165. The number of aryl methyl sites for hydroxylation is 1. The zero-order chi connectivity index (χ0) is 22.2. The maximum absolute atomic E-state index is 11.8. The van der Waals surface area contributed by atoms with Crippen LogP contribution in [0.1, 0.15) is 136 Å². The van der Waals surface area contributed by atoms with Crippen molar-refractivity contribution in [3.05, 3.63) is 34.4 Å². The lowest BCUT2D eigenvalue weighted by molar-refractivity contribution is -0.259. The summed E-state index contributed by atoms with van der Waals surface area (Å²) >= 11 is 0. The van der Waals surface area contributed by atoms with Gasteiger partial charge < -0.3 is 19.8 Å². The average molecular weight is 417 g/mol. The first-order valence-corrected chi connectivity index (χ1v) is 12.1. The van der Waals surface area contributed by atoms with E-state index in [-0.39, 0.29) is 11.1 Å². The molecule has 30 heavy (non-hydrogen) atoms. The molecule has 0 N–H and O–H groups in total. The van der Waals surface area contributed by atoms with Crippen molar-refractivity contribution in [2.45, 2.75) is 117 Å². The third kappa shape index (κ3) is 9.77. The summed E-state index contributed by atoms with van der Waals surface area (Å²) in [6, 6.07) is 3.16. The molecule has 0 aliphatic rings. The van der Waals surface area contributed by atoms with Crippen molar-refractivity contribution in [1.82, 2.24) is 0 Å².